The second-order valence-corrected chi connectivity index (χ2v) is 4.86. The molecule has 0 heterocycles. The van der Waals surface area contributed by atoms with Gasteiger partial charge in [0, 0.05) is 12.6 Å². The fourth-order valence-electron chi connectivity index (χ4n) is 1.43. The summed E-state index contributed by atoms with van der Waals surface area (Å²) in [6.07, 6.45) is -4.35. The van der Waals surface area contributed by atoms with Gasteiger partial charge in [0.25, 0.3) is 0 Å². The molecule has 0 aliphatic rings. The van der Waals surface area contributed by atoms with Crippen LogP contribution >= 0.6 is 0 Å². The number of hydrogen-bond acceptors (Lipinski definition) is 3. The summed E-state index contributed by atoms with van der Waals surface area (Å²) in [6, 6.07) is 6.34. The van der Waals surface area contributed by atoms with Gasteiger partial charge in [-0.05, 0) is 17.7 Å². The molecule has 0 spiro atoms. The molecule has 0 fully saturated rings. The lowest BCUT2D eigenvalue weighted by Gasteiger charge is -2.11. The number of alkyl halides is 3. The predicted molar refractivity (Wildman–Crippen MR) is 73.0 cm³/mol. The molecule has 0 saturated heterocycles. The zero-order valence-corrected chi connectivity index (χ0v) is 12.0. The maximum Gasteiger partial charge on any atom is 0.422 e. The van der Waals surface area contributed by atoms with Crippen LogP contribution in [-0.4, -0.2) is 31.3 Å². The second kappa shape index (κ2) is 7.87. The van der Waals surface area contributed by atoms with Crippen LogP contribution in [0.2, 0.25) is 0 Å². The van der Waals surface area contributed by atoms with Crippen LogP contribution in [0.3, 0.4) is 0 Å². The molecular formula is C14H19F3N2O2. The van der Waals surface area contributed by atoms with Gasteiger partial charge in [-0.1, -0.05) is 26.0 Å². The van der Waals surface area contributed by atoms with Gasteiger partial charge in [-0.25, -0.2) is 0 Å². The van der Waals surface area contributed by atoms with E-state index in [1.165, 1.54) is 12.1 Å². The van der Waals surface area contributed by atoms with E-state index in [4.69, 9.17) is 0 Å². The van der Waals surface area contributed by atoms with Crippen LogP contribution in [0.25, 0.3) is 0 Å². The first kappa shape index (κ1) is 17.3. The third-order valence-corrected chi connectivity index (χ3v) is 2.49. The minimum atomic E-state index is -4.35. The molecule has 0 saturated carbocycles. The van der Waals surface area contributed by atoms with Gasteiger partial charge in [-0.2, -0.15) is 13.2 Å². The van der Waals surface area contributed by atoms with Gasteiger partial charge in [0.15, 0.2) is 6.61 Å². The number of carbonyl (C=O) groups is 1. The standard InChI is InChI=1S/C14H19F3N2O2/c1-10(2)18-8-13(20)19-7-11-3-5-12(6-4-11)21-9-14(15,16)17/h3-6,10,18H,7-9H2,1-2H3,(H,19,20). The highest BCUT2D eigenvalue weighted by Gasteiger charge is 2.28. The van der Waals surface area contributed by atoms with Crippen LogP contribution in [-0.2, 0) is 11.3 Å². The molecule has 2 N–H and O–H groups in total. The van der Waals surface area contributed by atoms with E-state index in [2.05, 4.69) is 15.4 Å². The molecule has 1 aromatic carbocycles. The molecule has 0 atom stereocenters. The zero-order valence-electron chi connectivity index (χ0n) is 12.0. The molecule has 0 bridgehead atoms. The van der Waals surface area contributed by atoms with Crippen LogP contribution in [0.1, 0.15) is 19.4 Å². The lowest BCUT2D eigenvalue weighted by molar-refractivity contribution is -0.153. The Hall–Kier alpha value is -1.76. The molecular weight excluding hydrogens is 285 g/mol. The summed E-state index contributed by atoms with van der Waals surface area (Å²) < 4.78 is 40.5. The minimum absolute atomic E-state index is 0.138. The topological polar surface area (TPSA) is 50.4 Å². The summed E-state index contributed by atoms with van der Waals surface area (Å²) in [5, 5.41) is 5.69. The summed E-state index contributed by atoms with van der Waals surface area (Å²) in [5.74, 6) is 0.00461. The highest BCUT2D eigenvalue weighted by Crippen LogP contribution is 2.18. The molecule has 1 aromatic rings. The first-order chi connectivity index (χ1) is 9.76. The maximum atomic E-state index is 12.0. The van der Waals surface area contributed by atoms with Crippen molar-refractivity contribution in [3.63, 3.8) is 0 Å². The quantitative estimate of drug-likeness (QED) is 0.812. The molecule has 118 valence electrons. The van der Waals surface area contributed by atoms with Gasteiger partial charge in [-0.3, -0.25) is 4.79 Å². The van der Waals surface area contributed by atoms with E-state index < -0.39 is 12.8 Å². The molecule has 0 aromatic heterocycles. The number of amides is 1. The normalized spacial score (nSPS) is 11.5. The third kappa shape index (κ3) is 8.19. The van der Waals surface area contributed by atoms with Crippen molar-refractivity contribution in [2.75, 3.05) is 13.2 Å². The van der Waals surface area contributed by atoms with Crippen molar-refractivity contribution >= 4 is 5.91 Å². The Morgan fingerprint density at radius 1 is 1.24 bits per heavy atom. The molecule has 21 heavy (non-hydrogen) atoms. The van der Waals surface area contributed by atoms with Gasteiger partial charge in [-0.15, -0.1) is 0 Å². The van der Waals surface area contributed by atoms with Gasteiger partial charge in [0.2, 0.25) is 5.91 Å². The number of carbonyl (C=O) groups excluding carboxylic acids is 1. The van der Waals surface area contributed by atoms with Crippen molar-refractivity contribution in [3.05, 3.63) is 29.8 Å². The van der Waals surface area contributed by atoms with Gasteiger partial charge >= 0.3 is 6.18 Å². The summed E-state index contributed by atoms with van der Waals surface area (Å²) >= 11 is 0. The van der Waals surface area contributed by atoms with Crippen molar-refractivity contribution in [1.29, 1.82) is 0 Å². The Balaban J connectivity index is 2.35. The zero-order chi connectivity index (χ0) is 15.9. The van der Waals surface area contributed by atoms with Crippen LogP contribution in [0.15, 0.2) is 24.3 Å². The number of rotatable bonds is 7. The van der Waals surface area contributed by atoms with E-state index in [1.807, 2.05) is 13.8 Å². The van der Waals surface area contributed by atoms with E-state index in [1.54, 1.807) is 12.1 Å². The van der Waals surface area contributed by atoms with Crippen molar-refractivity contribution in [2.45, 2.75) is 32.6 Å². The van der Waals surface area contributed by atoms with Crippen molar-refractivity contribution in [2.24, 2.45) is 0 Å². The molecule has 0 aliphatic heterocycles. The molecule has 4 nitrogen and oxygen atoms in total. The Morgan fingerprint density at radius 2 is 1.86 bits per heavy atom. The molecule has 1 rings (SSSR count). The smallest absolute Gasteiger partial charge is 0.422 e. The highest BCUT2D eigenvalue weighted by atomic mass is 19.4. The van der Waals surface area contributed by atoms with Crippen LogP contribution in [0, 0.1) is 0 Å². The minimum Gasteiger partial charge on any atom is -0.484 e. The summed E-state index contributed by atoms with van der Waals surface area (Å²) in [5.41, 5.74) is 0.784. The average molecular weight is 304 g/mol. The van der Waals surface area contributed by atoms with Crippen molar-refractivity contribution < 1.29 is 22.7 Å². The fraction of sp³-hybridized carbons (Fsp3) is 0.500. The summed E-state index contributed by atoms with van der Waals surface area (Å²) in [7, 11) is 0. The van der Waals surface area contributed by atoms with E-state index in [-0.39, 0.29) is 24.2 Å². The Bertz CT molecular complexity index is 445. The van der Waals surface area contributed by atoms with Gasteiger partial charge in [0.1, 0.15) is 5.75 Å². The first-order valence-corrected chi connectivity index (χ1v) is 6.55. The van der Waals surface area contributed by atoms with Crippen molar-refractivity contribution in [3.8, 4) is 5.75 Å². The van der Waals surface area contributed by atoms with Crippen LogP contribution in [0.4, 0.5) is 13.2 Å². The lowest BCUT2D eigenvalue weighted by Crippen LogP contribution is -2.36. The Labute approximate surface area is 121 Å². The molecule has 0 radical (unpaired) electrons. The summed E-state index contributed by atoms with van der Waals surface area (Å²) in [6.45, 7) is 3.10. The SMILES string of the molecule is CC(C)NCC(=O)NCc1ccc(OCC(F)(F)F)cc1. The number of halogens is 3. The first-order valence-electron chi connectivity index (χ1n) is 6.55. The largest absolute Gasteiger partial charge is 0.484 e. The Morgan fingerprint density at radius 3 is 2.38 bits per heavy atom. The molecule has 7 heteroatoms. The third-order valence-electron chi connectivity index (χ3n) is 2.49. The van der Waals surface area contributed by atoms with E-state index in [0.717, 1.165) is 5.56 Å². The maximum absolute atomic E-state index is 12.0. The van der Waals surface area contributed by atoms with E-state index in [9.17, 15) is 18.0 Å². The molecule has 1 amide bonds. The average Bonchev–Trinajstić information content (AvgIpc) is 2.41. The number of hydrogen-bond donors (Lipinski definition) is 2. The number of benzene rings is 1. The molecule has 0 unspecified atom stereocenters. The molecule has 0 aliphatic carbocycles. The van der Waals surface area contributed by atoms with Gasteiger partial charge in [0.05, 0.1) is 6.54 Å². The van der Waals surface area contributed by atoms with Gasteiger partial charge < -0.3 is 15.4 Å². The van der Waals surface area contributed by atoms with Crippen LogP contribution < -0.4 is 15.4 Å². The lowest BCUT2D eigenvalue weighted by atomic mass is 10.2. The number of ether oxygens (including phenoxy) is 1. The fourth-order valence-corrected chi connectivity index (χ4v) is 1.43. The Kier molecular flexibility index (Phi) is 6.48. The predicted octanol–water partition coefficient (Wildman–Crippen LogP) is 2.24. The summed E-state index contributed by atoms with van der Waals surface area (Å²) in [4.78, 5) is 11.5. The number of nitrogens with one attached hydrogen (secondary N) is 2. The highest BCUT2D eigenvalue weighted by molar-refractivity contribution is 5.77. The van der Waals surface area contributed by atoms with Crippen LogP contribution in [0.5, 0.6) is 5.75 Å². The van der Waals surface area contributed by atoms with E-state index in [0.29, 0.717) is 6.54 Å². The monoisotopic (exact) mass is 304 g/mol. The van der Waals surface area contributed by atoms with Crippen molar-refractivity contribution in [1.82, 2.24) is 10.6 Å². The second-order valence-electron chi connectivity index (χ2n) is 4.86. The van der Waals surface area contributed by atoms with E-state index >= 15 is 0 Å².